The minimum absolute atomic E-state index is 0.000388. The first kappa shape index (κ1) is 19.9. The SMILES string of the molecule is CC(C)n1cnnc1SCC(=O)NC(CN1CCOCC1)c1ccccc1. The van der Waals surface area contributed by atoms with Gasteiger partial charge in [-0.1, -0.05) is 42.1 Å². The van der Waals surface area contributed by atoms with Gasteiger partial charge in [-0.05, 0) is 19.4 Å². The number of hydrogen-bond donors (Lipinski definition) is 1. The van der Waals surface area contributed by atoms with Crippen molar-refractivity contribution in [2.45, 2.75) is 31.1 Å². The van der Waals surface area contributed by atoms with Gasteiger partial charge >= 0.3 is 0 Å². The average molecular weight is 390 g/mol. The average Bonchev–Trinajstić information content (AvgIpc) is 3.16. The van der Waals surface area contributed by atoms with Crippen LogP contribution in [0, 0.1) is 0 Å². The molecule has 8 heteroatoms. The Balaban J connectivity index is 1.60. The predicted molar refractivity (Wildman–Crippen MR) is 106 cm³/mol. The van der Waals surface area contributed by atoms with Gasteiger partial charge in [0.1, 0.15) is 6.33 Å². The first-order valence-electron chi connectivity index (χ1n) is 9.30. The van der Waals surface area contributed by atoms with Crippen LogP contribution in [0.3, 0.4) is 0 Å². The third kappa shape index (κ3) is 5.79. The standard InChI is InChI=1S/C19H27N5O2S/c1-15(2)24-14-20-22-19(24)27-13-18(25)21-17(16-6-4-3-5-7-16)12-23-8-10-26-11-9-23/h3-7,14-15,17H,8-13H2,1-2H3,(H,21,25). The fraction of sp³-hybridized carbons (Fsp3) is 0.526. The number of hydrogen-bond acceptors (Lipinski definition) is 6. The second-order valence-corrected chi connectivity index (χ2v) is 7.79. The van der Waals surface area contributed by atoms with Crippen molar-refractivity contribution in [3.63, 3.8) is 0 Å². The first-order chi connectivity index (χ1) is 13.1. The molecule has 1 aromatic carbocycles. The smallest absolute Gasteiger partial charge is 0.231 e. The van der Waals surface area contributed by atoms with E-state index in [-0.39, 0.29) is 18.0 Å². The van der Waals surface area contributed by atoms with Gasteiger partial charge in [-0.2, -0.15) is 0 Å². The molecule has 1 aliphatic rings. The lowest BCUT2D eigenvalue weighted by Crippen LogP contribution is -2.43. The molecule has 0 aliphatic carbocycles. The Morgan fingerprint density at radius 1 is 1.26 bits per heavy atom. The quantitative estimate of drug-likeness (QED) is 0.698. The minimum Gasteiger partial charge on any atom is -0.379 e. The van der Waals surface area contributed by atoms with E-state index in [4.69, 9.17) is 4.74 Å². The number of aromatic nitrogens is 3. The van der Waals surface area contributed by atoms with Crippen molar-refractivity contribution in [1.29, 1.82) is 0 Å². The number of morpholine rings is 1. The zero-order valence-corrected chi connectivity index (χ0v) is 16.7. The third-order valence-corrected chi connectivity index (χ3v) is 5.47. The molecule has 1 unspecified atom stereocenters. The topological polar surface area (TPSA) is 72.3 Å². The van der Waals surface area contributed by atoms with E-state index in [0.29, 0.717) is 5.75 Å². The van der Waals surface area contributed by atoms with Crippen LogP contribution in [0.1, 0.15) is 31.5 Å². The summed E-state index contributed by atoms with van der Waals surface area (Å²) in [6, 6.07) is 10.4. The predicted octanol–water partition coefficient (Wildman–Crippen LogP) is 2.14. The zero-order chi connectivity index (χ0) is 19.1. The highest BCUT2D eigenvalue weighted by Gasteiger charge is 2.20. The maximum absolute atomic E-state index is 12.6. The molecule has 2 aromatic rings. The largest absolute Gasteiger partial charge is 0.379 e. The van der Waals surface area contributed by atoms with Crippen molar-refractivity contribution in [3.8, 4) is 0 Å². The number of nitrogens with one attached hydrogen (secondary N) is 1. The molecule has 1 aromatic heterocycles. The summed E-state index contributed by atoms with van der Waals surface area (Å²) in [7, 11) is 0. The van der Waals surface area contributed by atoms with E-state index in [0.717, 1.165) is 43.6 Å². The molecule has 0 spiro atoms. The van der Waals surface area contributed by atoms with Crippen molar-refractivity contribution < 1.29 is 9.53 Å². The molecule has 7 nitrogen and oxygen atoms in total. The van der Waals surface area contributed by atoms with E-state index < -0.39 is 0 Å². The van der Waals surface area contributed by atoms with Crippen molar-refractivity contribution in [2.24, 2.45) is 0 Å². The van der Waals surface area contributed by atoms with Crippen LogP contribution in [0.25, 0.3) is 0 Å². The Hall–Kier alpha value is -1.90. The van der Waals surface area contributed by atoms with E-state index >= 15 is 0 Å². The van der Waals surface area contributed by atoms with Crippen LogP contribution in [0.15, 0.2) is 41.8 Å². The third-order valence-electron chi connectivity index (χ3n) is 4.51. The van der Waals surface area contributed by atoms with Crippen LogP contribution >= 0.6 is 11.8 Å². The van der Waals surface area contributed by atoms with Crippen molar-refractivity contribution >= 4 is 17.7 Å². The summed E-state index contributed by atoms with van der Waals surface area (Å²) >= 11 is 1.42. The number of ether oxygens (including phenoxy) is 1. The molecule has 146 valence electrons. The molecule has 2 heterocycles. The Morgan fingerprint density at radius 3 is 2.70 bits per heavy atom. The highest BCUT2D eigenvalue weighted by molar-refractivity contribution is 7.99. The molecule has 0 saturated carbocycles. The van der Waals surface area contributed by atoms with Gasteiger partial charge in [-0.25, -0.2) is 0 Å². The minimum atomic E-state index is -0.0413. The number of thioether (sulfide) groups is 1. The van der Waals surface area contributed by atoms with Gasteiger partial charge in [-0.3, -0.25) is 9.69 Å². The van der Waals surface area contributed by atoms with Gasteiger partial charge in [0.15, 0.2) is 5.16 Å². The van der Waals surface area contributed by atoms with Crippen molar-refractivity contribution in [1.82, 2.24) is 25.0 Å². The monoisotopic (exact) mass is 389 g/mol. The summed E-state index contributed by atoms with van der Waals surface area (Å²) in [5.74, 6) is 0.318. The number of rotatable bonds is 8. The van der Waals surface area contributed by atoms with Crippen LogP contribution < -0.4 is 5.32 Å². The lowest BCUT2D eigenvalue weighted by Gasteiger charge is -2.31. The summed E-state index contributed by atoms with van der Waals surface area (Å²) in [6.45, 7) is 8.21. The highest BCUT2D eigenvalue weighted by atomic mass is 32.2. The molecular formula is C19H27N5O2S. The molecule has 1 saturated heterocycles. The summed E-state index contributed by atoms with van der Waals surface area (Å²) < 4.78 is 7.40. The first-order valence-corrected chi connectivity index (χ1v) is 10.3. The highest BCUT2D eigenvalue weighted by Crippen LogP contribution is 2.20. The second-order valence-electron chi connectivity index (χ2n) is 6.85. The molecule has 1 aliphatic heterocycles. The van der Waals surface area contributed by atoms with Gasteiger partial charge in [0.05, 0.1) is 25.0 Å². The molecule has 0 bridgehead atoms. The van der Waals surface area contributed by atoms with E-state index in [1.807, 2.05) is 22.8 Å². The molecule has 1 fully saturated rings. The molecule has 0 radical (unpaired) electrons. The second kappa shape index (κ2) is 9.87. The molecule has 27 heavy (non-hydrogen) atoms. The molecule has 1 atom stereocenters. The number of nitrogens with zero attached hydrogens (tertiary/aromatic N) is 4. The van der Waals surface area contributed by atoms with E-state index in [2.05, 4.69) is 46.4 Å². The summed E-state index contributed by atoms with van der Waals surface area (Å²) in [4.78, 5) is 14.9. The van der Waals surface area contributed by atoms with Gasteiger partial charge in [0.2, 0.25) is 5.91 Å². The van der Waals surface area contributed by atoms with Gasteiger partial charge in [-0.15, -0.1) is 10.2 Å². The lowest BCUT2D eigenvalue weighted by atomic mass is 10.1. The Morgan fingerprint density at radius 2 is 2.00 bits per heavy atom. The van der Waals surface area contributed by atoms with E-state index in [9.17, 15) is 4.79 Å². The normalized spacial score (nSPS) is 16.4. The van der Waals surface area contributed by atoms with Crippen LogP contribution in [0.2, 0.25) is 0 Å². The van der Waals surface area contributed by atoms with Crippen LogP contribution in [-0.2, 0) is 9.53 Å². The summed E-state index contributed by atoms with van der Waals surface area (Å²) in [5.41, 5.74) is 1.12. The lowest BCUT2D eigenvalue weighted by molar-refractivity contribution is -0.119. The summed E-state index contributed by atoms with van der Waals surface area (Å²) in [6.07, 6.45) is 1.70. The summed E-state index contributed by atoms with van der Waals surface area (Å²) in [5, 5.41) is 12.0. The van der Waals surface area contributed by atoms with Crippen molar-refractivity contribution in [2.75, 3.05) is 38.6 Å². The maximum Gasteiger partial charge on any atom is 0.231 e. The van der Waals surface area contributed by atoms with Crippen LogP contribution in [0.5, 0.6) is 0 Å². The Bertz CT molecular complexity index is 716. The van der Waals surface area contributed by atoms with Crippen LogP contribution in [0.4, 0.5) is 0 Å². The van der Waals surface area contributed by atoms with E-state index in [1.165, 1.54) is 11.8 Å². The van der Waals surface area contributed by atoms with Gasteiger partial charge in [0, 0.05) is 25.7 Å². The molecule has 3 rings (SSSR count). The Labute approximate surface area is 164 Å². The van der Waals surface area contributed by atoms with Gasteiger partial charge in [0.25, 0.3) is 0 Å². The molecule has 1 amide bonds. The number of benzene rings is 1. The zero-order valence-electron chi connectivity index (χ0n) is 15.9. The van der Waals surface area contributed by atoms with Crippen LogP contribution in [-0.4, -0.2) is 64.2 Å². The Kier molecular flexibility index (Phi) is 7.25. The van der Waals surface area contributed by atoms with E-state index in [1.54, 1.807) is 6.33 Å². The number of amides is 1. The number of carbonyl (C=O) groups excluding carboxylic acids is 1. The molecule has 1 N–H and O–H groups in total. The van der Waals surface area contributed by atoms with Gasteiger partial charge < -0.3 is 14.6 Å². The van der Waals surface area contributed by atoms with Crippen molar-refractivity contribution in [3.05, 3.63) is 42.2 Å². The molecular weight excluding hydrogens is 362 g/mol. The fourth-order valence-corrected chi connectivity index (χ4v) is 3.87. The fourth-order valence-electron chi connectivity index (χ4n) is 3.02. The number of carbonyl (C=O) groups is 1. The maximum atomic E-state index is 12.6.